The Balaban J connectivity index is 1.60. The zero-order chi connectivity index (χ0) is 28.6. The molecule has 2 atom stereocenters. The van der Waals surface area contributed by atoms with Gasteiger partial charge in [-0.3, -0.25) is 24.2 Å². The van der Waals surface area contributed by atoms with Crippen molar-refractivity contribution in [3.05, 3.63) is 83.1 Å². The van der Waals surface area contributed by atoms with E-state index in [2.05, 4.69) is 10.3 Å². The van der Waals surface area contributed by atoms with Gasteiger partial charge in [0.15, 0.2) is 0 Å². The fourth-order valence-electron chi connectivity index (χ4n) is 5.11. The number of carbonyl (C=O) groups excluding carboxylic acids is 3. The van der Waals surface area contributed by atoms with E-state index in [1.807, 2.05) is 0 Å². The number of aromatic nitrogens is 1. The van der Waals surface area contributed by atoms with Crippen LogP contribution >= 0.6 is 11.6 Å². The molecule has 2 aromatic carbocycles. The number of halogens is 4. The molecule has 2 fully saturated rings. The summed E-state index contributed by atoms with van der Waals surface area (Å²) in [4.78, 5) is 47.6. The topological polar surface area (TPSA) is 109 Å². The number of anilines is 3. The number of pyridine rings is 1. The van der Waals surface area contributed by atoms with Crippen molar-refractivity contribution in [1.82, 2.24) is 10.3 Å². The van der Waals surface area contributed by atoms with Crippen molar-refractivity contribution in [1.29, 1.82) is 0 Å². The molecule has 1 aromatic heterocycles. The third-order valence-corrected chi connectivity index (χ3v) is 7.31. The van der Waals surface area contributed by atoms with Gasteiger partial charge in [0, 0.05) is 41.6 Å². The van der Waals surface area contributed by atoms with Crippen molar-refractivity contribution in [3.63, 3.8) is 0 Å². The second kappa shape index (κ2) is 10.8. The van der Waals surface area contributed by atoms with E-state index in [-0.39, 0.29) is 46.7 Å². The second-order valence-corrected chi connectivity index (χ2v) is 10.2. The molecule has 208 valence electrons. The maximum absolute atomic E-state index is 14.5. The van der Waals surface area contributed by atoms with Gasteiger partial charge in [-0.1, -0.05) is 41.9 Å². The summed E-state index contributed by atoms with van der Waals surface area (Å²) < 4.78 is 41.6. The van der Waals surface area contributed by atoms with Crippen LogP contribution in [0.2, 0.25) is 5.02 Å². The van der Waals surface area contributed by atoms with Crippen LogP contribution in [-0.4, -0.2) is 40.7 Å². The van der Waals surface area contributed by atoms with E-state index >= 15 is 0 Å². The molecule has 0 spiro atoms. The minimum Gasteiger partial charge on any atom is -0.384 e. The average Bonchev–Trinajstić information content (AvgIpc) is 3.27. The molecule has 3 amide bonds. The molecule has 0 bridgehead atoms. The van der Waals surface area contributed by atoms with Gasteiger partial charge in [0.05, 0.1) is 0 Å². The number of alkyl halides is 2. The molecule has 12 heteroatoms. The van der Waals surface area contributed by atoms with Crippen LogP contribution in [0.4, 0.5) is 30.5 Å². The molecule has 1 aliphatic carbocycles. The summed E-state index contributed by atoms with van der Waals surface area (Å²) in [7, 11) is 0. The summed E-state index contributed by atoms with van der Waals surface area (Å²) in [6, 6.07) is 12.6. The Kier molecular flexibility index (Phi) is 7.41. The van der Waals surface area contributed by atoms with Crippen molar-refractivity contribution < 1.29 is 27.6 Å². The number of amides is 3. The maximum Gasteiger partial charge on any atom is 0.252 e. The van der Waals surface area contributed by atoms with Crippen LogP contribution in [0.3, 0.4) is 0 Å². The van der Waals surface area contributed by atoms with Crippen LogP contribution in [0, 0.1) is 5.82 Å². The van der Waals surface area contributed by atoms with E-state index in [4.69, 9.17) is 17.3 Å². The van der Waals surface area contributed by atoms with E-state index in [1.54, 1.807) is 18.2 Å². The number of nitrogens with zero attached hydrogens (tertiary/aromatic N) is 3. The van der Waals surface area contributed by atoms with Crippen molar-refractivity contribution in [3.8, 4) is 0 Å². The normalized spacial score (nSPS) is 19.1. The zero-order valence-electron chi connectivity index (χ0n) is 21.1. The van der Waals surface area contributed by atoms with Gasteiger partial charge in [0.2, 0.25) is 11.8 Å². The number of benzene rings is 2. The molecule has 5 rings (SSSR count). The first-order chi connectivity index (χ1) is 19.0. The fraction of sp³-hybridized carbons (Fsp3) is 0.286. The molecular formula is C28H25ClF3N5O3. The van der Waals surface area contributed by atoms with Crippen LogP contribution in [0.5, 0.6) is 0 Å². The number of carbonyl (C=O) groups is 3. The molecule has 1 saturated heterocycles. The fourth-order valence-corrected chi connectivity index (χ4v) is 5.35. The zero-order valence-corrected chi connectivity index (χ0v) is 21.8. The Bertz CT molecular complexity index is 1460. The first-order valence-corrected chi connectivity index (χ1v) is 13.0. The molecular weight excluding hydrogens is 547 g/mol. The Morgan fingerprint density at radius 3 is 2.50 bits per heavy atom. The van der Waals surface area contributed by atoms with E-state index in [0.717, 1.165) is 11.0 Å². The Labute approximate surface area is 232 Å². The summed E-state index contributed by atoms with van der Waals surface area (Å²) in [5, 5.41) is 2.72. The highest BCUT2D eigenvalue weighted by Gasteiger charge is 2.48. The summed E-state index contributed by atoms with van der Waals surface area (Å²) >= 11 is 6.48. The van der Waals surface area contributed by atoms with Gasteiger partial charge in [0.1, 0.15) is 29.5 Å². The van der Waals surface area contributed by atoms with Crippen LogP contribution in [-0.2, 0) is 14.4 Å². The number of hydrogen-bond acceptors (Lipinski definition) is 5. The number of hydrogen-bond donors (Lipinski definition) is 2. The first-order valence-electron chi connectivity index (χ1n) is 12.6. The highest BCUT2D eigenvalue weighted by molar-refractivity contribution is 6.31. The van der Waals surface area contributed by atoms with Gasteiger partial charge < -0.3 is 11.1 Å². The SMILES string of the molecule is Nc1cccc(N2C(=O)CC[C@H]2C(=O)N(c2cccc(F)c2)[C@H](C(=O)NC2CC(F)(F)C2)c2ccccc2Cl)n1. The standard InChI is InChI=1S/C28H25ClF3N5O3/c29-20-8-2-1-7-19(20)25(26(39)34-17-14-28(31,32)15-17)36(18-6-3-5-16(30)13-18)27(40)21-11-12-24(38)37(21)23-10-4-9-22(33)35-23/h1-10,13,17,21,25H,11-12,14-15H2,(H2,33,35)(H,34,39)/t21-,25-/m0/s1. The van der Waals surface area contributed by atoms with Crippen molar-refractivity contribution in [2.75, 3.05) is 15.5 Å². The molecule has 40 heavy (non-hydrogen) atoms. The average molecular weight is 572 g/mol. The van der Waals surface area contributed by atoms with Gasteiger partial charge in [-0.05, 0) is 42.8 Å². The number of nitrogens with one attached hydrogen (secondary N) is 1. The lowest BCUT2D eigenvalue weighted by molar-refractivity contribution is -0.133. The predicted molar refractivity (Wildman–Crippen MR) is 143 cm³/mol. The van der Waals surface area contributed by atoms with Crippen LogP contribution < -0.4 is 20.9 Å². The van der Waals surface area contributed by atoms with E-state index in [9.17, 15) is 27.6 Å². The van der Waals surface area contributed by atoms with Gasteiger partial charge in [-0.25, -0.2) is 18.2 Å². The van der Waals surface area contributed by atoms with E-state index in [1.165, 1.54) is 47.4 Å². The van der Waals surface area contributed by atoms with Crippen LogP contribution in [0.25, 0.3) is 0 Å². The molecule has 3 N–H and O–H groups in total. The van der Waals surface area contributed by atoms with Crippen molar-refractivity contribution >= 4 is 46.6 Å². The Morgan fingerprint density at radius 2 is 1.82 bits per heavy atom. The highest BCUT2D eigenvalue weighted by Crippen LogP contribution is 2.39. The third-order valence-electron chi connectivity index (χ3n) is 6.97. The number of nitrogen functional groups attached to an aromatic ring is 1. The smallest absolute Gasteiger partial charge is 0.252 e. The first kappa shape index (κ1) is 27.4. The minimum atomic E-state index is -2.90. The summed E-state index contributed by atoms with van der Waals surface area (Å²) in [5.41, 5.74) is 6.03. The monoisotopic (exact) mass is 571 g/mol. The van der Waals surface area contributed by atoms with Crippen LogP contribution in [0.15, 0.2) is 66.7 Å². The molecule has 1 aliphatic heterocycles. The maximum atomic E-state index is 14.5. The predicted octanol–water partition coefficient (Wildman–Crippen LogP) is 4.64. The third kappa shape index (κ3) is 5.46. The second-order valence-electron chi connectivity index (χ2n) is 9.82. The van der Waals surface area contributed by atoms with E-state index < -0.39 is 54.5 Å². The number of rotatable bonds is 7. The number of nitrogens with two attached hydrogens (primary N) is 1. The van der Waals surface area contributed by atoms with Gasteiger partial charge in [0.25, 0.3) is 11.8 Å². The largest absolute Gasteiger partial charge is 0.384 e. The molecule has 2 heterocycles. The summed E-state index contributed by atoms with van der Waals surface area (Å²) in [5.74, 6) is -5.16. The lowest BCUT2D eigenvalue weighted by Crippen LogP contribution is -2.56. The van der Waals surface area contributed by atoms with Gasteiger partial charge in [-0.2, -0.15) is 0 Å². The van der Waals surface area contributed by atoms with Gasteiger partial charge in [-0.15, -0.1) is 0 Å². The lowest BCUT2D eigenvalue weighted by Gasteiger charge is -2.39. The molecule has 8 nitrogen and oxygen atoms in total. The van der Waals surface area contributed by atoms with Gasteiger partial charge >= 0.3 is 0 Å². The Morgan fingerprint density at radius 1 is 1.10 bits per heavy atom. The van der Waals surface area contributed by atoms with Crippen molar-refractivity contribution in [2.45, 2.75) is 49.7 Å². The Hall–Kier alpha value is -4.12. The molecule has 0 unspecified atom stereocenters. The highest BCUT2D eigenvalue weighted by atomic mass is 35.5. The summed E-state index contributed by atoms with van der Waals surface area (Å²) in [6.07, 6.45) is -0.989. The minimum absolute atomic E-state index is 0.0174. The molecule has 1 saturated carbocycles. The van der Waals surface area contributed by atoms with Crippen molar-refractivity contribution in [2.24, 2.45) is 0 Å². The van der Waals surface area contributed by atoms with Crippen LogP contribution in [0.1, 0.15) is 37.3 Å². The lowest BCUT2D eigenvalue weighted by atomic mass is 9.87. The van der Waals surface area contributed by atoms with E-state index in [0.29, 0.717) is 0 Å². The molecule has 3 aromatic rings. The molecule has 0 radical (unpaired) electrons. The summed E-state index contributed by atoms with van der Waals surface area (Å²) in [6.45, 7) is 0. The quantitative estimate of drug-likeness (QED) is 0.429. The molecule has 2 aliphatic rings.